The number of nitrogens with zero attached hydrogens (tertiary/aromatic N) is 1. The van der Waals surface area contributed by atoms with Gasteiger partial charge in [0.25, 0.3) is 0 Å². The lowest BCUT2D eigenvalue weighted by molar-refractivity contribution is -0.253. The van der Waals surface area contributed by atoms with E-state index in [9.17, 15) is 14.7 Å². The first-order valence-electron chi connectivity index (χ1n) is 15.5. The number of methoxy groups -OCH3 is 2. The SMILES string of the molecule is COCC1CCCN1CC1CC(c2ccc(CO)cc2)OC(c2cccc(NC(=O)NC(Cc3ccccc3)C(=O)OC)c2)O1. The van der Waals surface area contributed by atoms with Crippen LogP contribution in [0.25, 0.3) is 0 Å². The number of ether oxygens (including phenoxy) is 4. The molecule has 10 nitrogen and oxygen atoms in total. The van der Waals surface area contributed by atoms with Gasteiger partial charge in [0.2, 0.25) is 0 Å². The summed E-state index contributed by atoms with van der Waals surface area (Å²) in [5, 5.41) is 15.1. The quantitative estimate of drug-likeness (QED) is 0.250. The minimum Gasteiger partial charge on any atom is -0.467 e. The summed E-state index contributed by atoms with van der Waals surface area (Å²) in [5.41, 5.74) is 4.05. The first kappa shape index (κ1) is 32.6. The van der Waals surface area contributed by atoms with Gasteiger partial charge < -0.3 is 34.7 Å². The van der Waals surface area contributed by atoms with E-state index in [0.29, 0.717) is 31.2 Å². The Kier molecular flexibility index (Phi) is 11.6. The van der Waals surface area contributed by atoms with Crippen molar-refractivity contribution < 1.29 is 33.6 Å². The van der Waals surface area contributed by atoms with Crippen LogP contribution in [0.3, 0.4) is 0 Å². The normalized spacial score (nSPS) is 22.5. The van der Waals surface area contributed by atoms with Gasteiger partial charge in [0, 0.05) is 43.8 Å². The number of benzene rings is 3. The fraction of sp³-hybridized carbons (Fsp3) is 0.429. The second-order valence-electron chi connectivity index (χ2n) is 11.6. The molecular formula is C35H43N3O7. The number of nitrogens with one attached hydrogen (secondary N) is 2. The van der Waals surface area contributed by atoms with E-state index in [0.717, 1.165) is 48.2 Å². The highest BCUT2D eigenvalue weighted by atomic mass is 16.7. The Morgan fingerprint density at radius 3 is 2.51 bits per heavy atom. The zero-order valence-corrected chi connectivity index (χ0v) is 25.9. The second kappa shape index (κ2) is 16.0. The van der Waals surface area contributed by atoms with Gasteiger partial charge in [-0.15, -0.1) is 0 Å². The summed E-state index contributed by atoms with van der Waals surface area (Å²) in [7, 11) is 3.04. The van der Waals surface area contributed by atoms with Gasteiger partial charge in [-0.3, -0.25) is 4.90 Å². The number of hydrogen-bond donors (Lipinski definition) is 3. The molecule has 3 aromatic carbocycles. The maximum Gasteiger partial charge on any atom is 0.328 e. The second-order valence-corrected chi connectivity index (χ2v) is 11.6. The molecule has 3 N–H and O–H groups in total. The number of rotatable bonds is 12. The first-order valence-corrected chi connectivity index (χ1v) is 15.5. The number of amides is 2. The van der Waals surface area contributed by atoms with Crippen LogP contribution in [0.2, 0.25) is 0 Å². The van der Waals surface area contributed by atoms with Gasteiger partial charge in [0.05, 0.1) is 32.5 Å². The van der Waals surface area contributed by atoms with Crippen LogP contribution in [0.15, 0.2) is 78.9 Å². The average molecular weight is 618 g/mol. The average Bonchev–Trinajstić information content (AvgIpc) is 3.50. The van der Waals surface area contributed by atoms with Crippen molar-refractivity contribution in [3.8, 4) is 0 Å². The van der Waals surface area contributed by atoms with E-state index in [-0.39, 0.29) is 18.8 Å². The number of carbonyl (C=O) groups is 2. The summed E-state index contributed by atoms with van der Waals surface area (Å²) in [4.78, 5) is 27.9. The van der Waals surface area contributed by atoms with Gasteiger partial charge in [0.1, 0.15) is 6.04 Å². The fourth-order valence-electron chi connectivity index (χ4n) is 6.08. The number of urea groups is 1. The van der Waals surface area contributed by atoms with E-state index in [1.807, 2.05) is 72.8 Å². The summed E-state index contributed by atoms with van der Waals surface area (Å²) >= 11 is 0. The summed E-state index contributed by atoms with van der Waals surface area (Å²) in [5.74, 6) is -0.526. The maximum atomic E-state index is 13.0. The van der Waals surface area contributed by atoms with Crippen molar-refractivity contribution in [2.45, 2.75) is 62.9 Å². The van der Waals surface area contributed by atoms with Crippen molar-refractivity contribution in [1.82, 2.24) is 10.2 Å². The Morgan fingerprint density at radius 1 is 0.978 bits per heavy atom. The lowest BCUT2D eigenvalue weighted by Crippen LogP contribution is -2.45. The fourth-order valence-corrected chi connectivity index (χ4v) is 6.08. The molecule has 0 spiro atoms. The van der Waals surface area contributed by atoms with Gasteiger partial charge in [-0.25, -0.2) is 9.59 Å². The largest absolute Gasteiger partial charge is 0.467 e. The Labute approximate surface area is 264 Å². The molecule has 10 heteroatoms. The van der Waals surface area contributed by atoms with E-state index in [1.165, 1.54) is 7.11 Å². The molecule has 0 radical (unpaired) electrons. The highest BCUT2D eigenvalue weighted by Gasteiger charge is 2.35. The minimum absolute atomic E-state index is 0.0178. The smallest absolute Gasteiger partial charge is 0.328 e. The van der Waals surface area contributed by atoms with Crippen molar-refractivity contribution in [3.63, 3.8) is 0 Å². The van der Waals surface area contributed by atoms with E-state index >= 15 is 0 Å². The van der Waals surface area contributed by atoms with E-state index in [1.54, 1.807) is 13.2 Å². The number of likely N-dealkylation sites (tertiary alicyclic amines) is 1. The lowest BCUT2D eigenvalue weighted by atomic mass is 9.99. The summed E-state index contributed by atoms with van der Waals surface area (Å²) < 4.78 is 23.5. The lowest BCUT2D eigenvalue weighted by Gasteiger charge is -2.39. The Bertz CT molecular complexity index is 1390. The highest BCUT2D eigenvalue weighted by molar-refractivity contribution is 5.92. The molecule has 5 rings (SSSR count). The van der Waals surface area contributed by atoms with Crippen molar-refractivity contribution in [1.29, 1.82) is 0 Å². The van der Waals surface area contributed by atoms with Crippen LogP contribution in [0, 0.1) is 0 Å². The third-order valence-corrected chi connectivity index (χ3v) is 8.40. The number of esters is 1. The van der Waals surface area contributed by atoms with Crippen molar-refractivity contribution in [3.05, 3.63) is 101 Å². The molecule has 5 unspecified atom stereocenters. The standard InChI is InChI=1S/C35H43N3O7/c1-42-23-29-12-7-17-38(29)21-30-20-32(26-15-13-25(22-39)14-16-26)45-34(44-30)27-10-6-11-28(19-27)36-35(41)37-31(33(40)43-2)18-24-8-4-3-5-9-24/h3-6,8-11,13-16,19,29-32,34,39H,7,12,17-18,20-23H2,1-2H3,(H2,36,37,41). The summed E-state index contributed by atoms with van der Waals surface area (Å²) in [6.45, 7) is 2.43. The van der Waals surface area contributed by atoms with E-state index in [2.05, 4.69) is 15.5 Å². The highest BCUT2D eigenvalue weighted by Crippen LogP contribution is 2.39. The number of aliphatic hydroxyl groups is 1. The zero-order valence-electron chi connectivity index (χ0n) is 25.9. The molecule has 2 heterocycles. The third kappa shape index (κ3) is 8.90. The van der Waals surface area contributed by atoms with Crippen LogP contribution < -0.4 is 10.6 Å². The Balaban J connectivity index is 1.30. The molecule has 2 aliphatic rings. The Hall–Kier alpha value is -3.80. The number of carbonyl (C=O) groups excluding carboxylic acids is 2. The molecule has 2 saturated heterocycles. The zero-order chi connectivity index (χ0) is 31.6. The predicted octanol–water partition coefficient (Wildman–Crippen LogP) is 4.74. The molecule has 5 atom stereocenters. The van der Waals surface area contributed by atoms with Gasteiger partial charge in [-0.2, -0.15) is 0 Å². The Morgan fingerprint density at radius 2 is 1.78 bits per heavy atom. The summed E-state index contributed by atoms with van der Waals surface area (Å²) in [6, 6.07) is 23.6. The molecule has 2 aliphatic heterocycles. The number of aliphatic hydroxyl groups excluding tert-OH is 1. The number of anilines is 1. The van der Waals surface area contributed by atoms with Crippen molar-refractivity contribution in [2.24, 2.45) is 0 Å². The molecule has 0 aromatic heterocycles. The molecule has 2 fully saturated rings. The molecule has 2 amide bonds. The van der Waals surface area contributed by atoms with Crippen LogP contribution in [0.4, 0.5) is 10.5 Å². The third-order valence-electron chi connectivity index (χ3n) is 8.40. The van der Waals surface area contributed by atoms with E-state index < -0.39 is 24.3 Å². The monoisotopic (exact) mass is 617 g/mol. The van der Waals surface area contributed by atoms with Crippen molar-refractivity contribution in [2.75, 3.05) is 39.2 Å². The first-order chi connectivity index (χ1) is 21.9. The molecule has 240 valence electrons. The molecule has 3 aromatic rings. The topological polar surface area (TPSA) is 119 Å². The van der Waals surface area contributed by atoms with Gasteiger partial charge >= 0.3 is 12.0 Å². The van der Waals surface area contributed by atoms with Crippen molar-refractivity contribution >= 4 is 17.7 Å². The van der Waals surface area contributed by atoms with Gasteiger partial charge in [-0.05, 0) is 48.2 Å². The van der Waals surface area contributed by atoms with Gasteiger partial charge in [-0.1, -0.05) is 66.7 Å². The van der Waals surface area contributed by atoms with Crippen LogP contribution in [0.1, 0.15) is 53.9 Å². The van der Waals surface area contributed by atoms with Crippen LogP contribution in [-0.2, 0) is 36.8 Å². The molecule has 45 heavy (non-hydrogen) atoms. The molecular weight excluding hydrogens is 574 g/mol. The predicted molar refractivity (Wildman–Crippen MR) is 169 cm³/mol. The molecule has 0 saturated carbocycles. The molecule has 0 bridgehead atoms. The van der Waals surface area contributed by atoms with Crippen LogP contribution >= 0.6 is 0 Å². The van der Waals surface area contributed by atoms with Crippen LogP contribution in [0.5, 0.6) is 0 Å². The number of hydrogen-bond acceptors (Lipinski definition) is 8. The van der Waals surface area contributed by atoms with E-state index in [4.69, 9.17) is 18.9 Å². The maximum absolute atomic E-state index is 13.0. The van der Waals surface area contributed by atoms with Crippen LogP contribution in [-0.4, -0.2) is 74.1 Å². The minimum atomic E-state index is -0.850. The summed E-state index contributed by atoms with van der Waals surface area (Å²) in [6.07, 6.45) is 2.23. The molecule has 0 aliphatic carbocycles. The van der Waals surface area contributed by atoms with Gasteiger partial charge in [0.15, 0.2) is 6.29 Å².